The van der Waals surface area contributed by atoms with Gasteiger partial charge in [-0.25, -0.2) is 4.98 Å². The second-order valence-corrected chi connectivity index (χ2v) is 8.01. The molecule has 0 radical (unpaired) electrons. The van der Waals surface area contributed by atoms with Crippen molar-refractivity contribution >= 4 is 50.3 Å². The normalized spacial score (nSPS) is 24.4. The first-order valence-electron chi connectivity index (χ1n) is 6.96. The maximum Gasteiger partial charge on any atom is 0.128 e. The van der Waals surface area contributed by atoms with Crippen molar-refractivity contribution in [2.24, 2.45) is 0 Å². The summed E-state index contributed by atoms with van der Waals surface area (Å²) >= 11 is 11.9. The van der Waals surface area contributed by atoms with Crippen molar-refractivity contribution in [3.05, 3.63) is 28.5 Å². The number of hydrogen-bond donors (Lipinski definition) is 0. The van der Waals surface area contributed by atoms with Gasteiger partial charge in [0.25, 0.3) is 0 Å². The van der Waals surface area contributed by atoms with E-state index in [9.17, 15) is 0 Å². The molecule has 3 unspecified atom stereocenters. The van der Waals surface area contributed by atoms with Crippen molar-refractivity contribution in [2.75, 3.05) is 6.26 Å². The number of halogens is 2. The van der Waals surface area contributed by atoms with E-state index >= 15 is 0 Å². The first kappa shape index (κ1) is 14.7. The summed E-state index contributed by atoms with van der Waals surface area (Å²) in [6.07, 6.45) is 6.01. The Labute approximate surface area is 137 Å². The van der Waals surface area contributed by atoms with Crippen LogP contribution in [-0.2, 0) is 0 Å². The van der Waals surface area contributed by atoms with Crippen molar-refractivity contribution in [1.82, 2.24) is 9.55 Å². The molecule has 0 aliphatic heterocycles. The molecule has 1 aliphatic carbocycles. The first-order valence-corrected chi connectivity index (χ1v) is 9.48. The lowest BCUT2D eigenvalue weighted by Crippen LogP contribution is -2.18. The van der Waals surface area contributed by atoms with Gasteiger partial charge in [0, 0.05) is 15.8 Å². The Bertz CT molecular complexity index is 626. The van der Waals surface area contributed by atoms with E-state index in [4.69, 9.17) is 16.6 Å². The molecule has 0 N–H and O–H groups in total. The Kier molecular flexibility index (Phi) is 4.34. The zero-order valence-electron chi connectivity index (χ0n) is 11.6. The number of rotatable bonds is 3. The van der Waals surface area contributed by atoms with Crippen LogP contribution in [0.4, 0.5) is 0 Å². The number of fused-ring (bicyclic) bond motifs is 1. The number of nitrogens with zero attached hydrogens (tertiary/aromatic N) is 2. The topological polar surface area (TPSA) is 17.8 Å². The summed E-state index contributed by atoms with van der Waals surface area (Å²) in [6.45, 7) is 2.01. The van der Waals surface area contributed by atoms with Crippen LogP contribution in [-0.4, -0.2) is 21.1 Å². The van der Waals surface area contributed by atoms with Crippen molar-refractivity contribution < 1.29 is 0 Å². The number of benzene rings is 1. The molecule has 1 aromatic carbocycles. The van der Waals surface area contributed by atoms with E-state index in [-0.39, 0.29) is 5.38 Å². The lowest BCUT2D eigenvalue weighted by atomic mass is 10.2. The van der Waals surface area contributed by atoms with Crippen molar-refractivity contribution in [3.8, 4) is 0 Å². The largest absolute Gasteiger partial charge is 0.322 e. The number of imidazole rings is 1. The van der Waals surface area contributed by atoms with Crippen molar-refractivity contribution in [2.45, 2.75) is 42.9 Å². The third kappa shape index (κ3) is 2.51. The molecule has 0 bridgehead atoms. The second kappa shape index (κ2) is 5.90. The molecular formula is C15H18BrClN2S. The van der Waals surface area contributed by atoms with E-state index in [2.05, 4.69) is 38.9 Å². The lowest BCUT2D eigenvalue weighted by molar-refractivity contribution is 0.520. The van der Waals surface area contributed by atoms with E-state index in [1.165, 1.54) is 24.8 Å². The smallest absolute Gasteiger partial charge is 0.128 e. The number of thioether (sulfide) groups is 1. The van der Waals surface area contributed by atoms with Crippen LogP contribution in [0.3, 0.4) is 0 Å². The van der Waals surface area contributed by atoms with Crippen LogP contribution in [0.2, 0.25) is 0 Å². The van der Waals surface area contributed by atoms with Gasteiger partial charge in [-0.05, 0) is 44.2 Å². The summed E-state index contributed by atoms with van der Waals surface area (Å²) in [4.78, 5) is 4.77. The van der Waals surface area contributed by atoms with Gasteiger partial charge in [0.2, 0.25) is 0 Å². The van der Waals surface area contributed by atoms with E-state index in [0.717, 1.165) is 15.8 Å². The maximum atomic E-state index is 6.39. The minimum absolute atomic E-state index is 0.0655. The molecule has 0 amide bonds. The summed E-state index contributed by atoms with van der Waals surface area (Å²) in [5.74, 6) is 1.01. The average Bonchev–Trinajstić information content (AvgIpc) is 3.00. The fourth-order valence-electron chi connectivity index (χ4n) is 3.19. The molecule has 1 fully saturated rings. The van der Waals surface area contributed by atoms with Crippen LogP contribution in [0.25, 0.3) is 11.0 Å². The lowest BCUT2D eigenvalue weighted by Gasteiger charge is -2.23. The fraction of sp³-hybridized carbons (Fsp3) is 0.533. The van der Waals surface area contributed by atoms with Crippen LogP contribution in [0, 0.1) is 0 Å². The van der Waals surface area contributed by atoms with Gasteiger partial charge >= 0.3 is 0 Å². The quantitative estimate of drug-likeness (QED) is 0.656. The Balaban J connectivity index is 2.20. The second-order valence-electron chi connectivity index (χ2n) is 5.36. The highest BCUT2D eigenvalue weighted by atomic mass is 79.9. The van der Waals surface area contributed by atoms with Crippen molar-refractivity contribution in [3.63, 3.8) is 0 Å². The van der Waals surface area contributed by atoms with Gasteiger partial charge in [-0.3, -0.25) is 0 Å². The standard InChI is InChI=1S/C15H18BrClN2S/c1-9(17)15-18-11-7-6-10(16)8-13(11)19(15)12-4-3-5-14(12)20-2/h6-9,12,14H,3-5H2,1-2H3. The molecule has 0 spiro atoms. The van der Waals surface area contributed by atoms with Gasteiger partial charge in [-0.2, -0.15) is 11.8 Å². The summed E-state index contributed by atoms with van der Waals surface area (Å²) < 4.78 is 3.49. The Morgan fingerprint density at radius 3 is 2.95 bits per heavy atom. The highest BCUT2D eigenvalue weighted by Gasteiger charge is 2.31. The molecule has 1 aliphatic rings. The van der Waals surface area contributed by atoms with Crippen LogP contribution in [0.1, 0.15) is 43.4 Å². The van der Waals surface area contributed by atoms with E-state index < -0.39 is 0 Å². The van der Waals surface area contributed by atoms with Gasteiger partial charge in [0.15, 0.2) is 0 Å². The average molecular weight is 374 g/mol. The van der Waals surface area contributed by atoms with Gasteiger partial charge in [-0.1, -0.05) is 22.4 Å². The molecular weight excluding hydrogens is 356 g/mol. The molecule has 3 rings (SSSR count). The molecule has 108 valence electrons. The zero-order valence-corrected chi connectivity index (χ0v) is 14.8. The molecule has 5 heteroatoms. The number of hydrogen-bond acceptors (Lipinski definition) is 2. The number of alkyl halides is 1. The highest BCUT2D eigenvalue weighted by molar-refractivity contribution is 9.10. The van der Waals surface area contributed by atoms with E-state index in [1.54, 1.807) is 0 Å². The predicted molar refractivity (Wildman–Crippen MR) is 91.9 cm³/mol. The summed E-state index contributed by atoms with van der Waals surface area (Å²) in [5.41, 5.74) is 2.25. The molecule has 20 heavy (non-hydrogen) atoms. The summed E-state index contributed by atoms with van der Waals surface area (Å²) in [5, 5.41) is 0.602. The molecule has 1 heterocycles. The SMILES string of the molecule is CSC1CCCC1n1c(C(C)Cl)nc2ccc(Br)cc21. The van der Waals surface area contributed by atoms with Gasteiger partial charge in [0.05, 0.1) is 16.4 Å². The Morgan fingerprint density at radius 2 is 2.25 bits per heavy atom. The summed E-state index contributed by atoms with van der Waals surface area (Å²) in [7, 11) is 0. The Morgan fingerprint density at radius 1 is 1.45 bits per heavy atom. The molecule has 0 saturated heterocycles. The molecule has 1 saturated carbocycles. The highest BCUT2D eigenvalue weighted by Crippen LogP contribution is 2.41. The third-order valence-corrected chi connectivity index (χ3v) is 5.93. The maximum absolute atomic E-state index is 6.39. The van der Waals surface area contributed by atoms with Crippen LogP contribution in [0.5, 0.6) is 0 Å². The van der Waals surface area contributed by atoms with E-state index in [1.807, 2.05) is 24.8 Å². The van der Waals surface area contributed by atoms with E-state index in [0.29, 0.717) is 11.3 Å². The third-order valence-electron chi connectivity index (χ3n) is 4.09. The predicted octanol–water partition coefficient (Wildman–Crippen LogP) is 5.56. The summed E-state index contributed by atoms with van der Waals surface area (Å²) in [6, 6.07) is 6.80. The first-order chi connectivity index (χ1) is 9.61. The van der Waals surface area contributed by atoms with Gasteiger partial charge < -0.3 is 4.57 Å². The molecule has 3 atom stereocenters. The minimum atomic E-state index is -0.0655. The molecule has 2 aromatic rings. The number of aromatic nitrogens is 2. The van der Waals surface area contributed by atoms with Crippen molar-refractivity contribution in [1.29, 1.82) is 0 Å². The zero-order chi connectivity index (χ0) is 14.3. The van der Waals surface area contributed by atoms with Crippen LogP contribution < -0.4 is 0 Å². The fourth-order valence-corrected chi connectivity index (χ4v) is 4.67. The minimum Gasteiger partial charge on any atom is -0.322 e. The molecule has 1 aromatic heterocycles. The Hall–Kier alpha value is -0.190. The monoisotopic (exact) mass is 372 g/mol. The molecule has 2 nitrogen and oxygen atoms in total. The van der Waals surface area contributed by atoms with Gasteiger partial charge in [-0.15, -0.1) is 11.6 Å². The van der Waals surface area contributed by atoms with Crippen LogP contribution in [0.15, 0.2) is 22.7 Å². The van der Waals surface area contributed by atoms with Crippen LogP contribution >= 0.6 is 39.3 Å². The van der Waals surface area contributed by atoms with Gasteiger partial charge in [0.1, 0.15) is 5.82 Å².